The number of rotatable bonds is 10. The smallest absolute Gasteiger partial charge is 0.290 e. The van der Waals surface area contributed by atoms with Crippen molar-refractivity contribution >= 4 is 16.9 Å². The minimum atomic E-state index is -0.592. The van der Waals surface area contributed by atoms with Gasteiger partial charge in [0, 0.05) is 13.1 Å². The topological polar surface area (TPSA) is 72.2 Å². The highest BCUT2D eigenvalue weighted by molar-refractivity contribution is 5.99. The molecule has 1 aliphatic rings. The van der Waals surface area contributed by atoms with E-state index in [1.54, 1.807) is 36.3 Å². The molecular weight excluding hydrogens is 480 g/mol. The molecule has 0 N–H and O–H groups in total. The van der Waals surface area contributed by atoms with Crippen molar-refractivity contribution < 1.29 is 18.7 Å². The van der Waals surface area contributed by atoms with Crippen LogP contribution in [0.2, 0.25) is 0 Å². The summed E-state index contributed by atoms with van der Waals surface area (Å²) in [5.41, 5.74) is 2.41. The number of carbonyl (C=O) groups excluding carboxylic acids is 1. The molecule has 1 aliphatic heterocycles. The van der Waals surface area contributed by atoms with E-state index >= 15 is 0 Å². The van der Waals surface area contributed by atoms with Crippen molar-refractivity contribution in [3.63, 3.8) is 0 Å². The van der Waals surface area contributed by atoms with Gasteiger partial charge in [-0.15, -0.1) is 0 Å². The summed E-state index contributed by atoms with van der Waals surface area (Å²) in [5.74, 6) is 0.961. The second-order valence-electron chi connectivity index (χ2n) is 9.28. The summed E-state index contributed by atoms with van der Waals surface area (Å²) >= 11 is 0. The molecule has 0 bridgehead atoms. The monoisotopic (exact) mass is 512 g/mol. The summed E-state index contributed by atoms with van der Waals surface area (Å²) in [4.78, 5) is 31.4. The zero-order valence-corrected chi connectivity index (χ0v) is 22.0. The Morgan fingerprint density at radius 1 is 0.921 bits per heavy atom. The van der Waals surface area contributed by atoms with Gasteiger partial charge in [-0.25, -0.2) is 0 Å². The molecule has 2 heterocycles. The highest BCUT2D eigenvalue weighted by Gasteiger charge is 2.42. The van der Waals surface area contributed by atoms with E-state index in [2.05, 4.69) is 18.7 Å². The Balaban J connectivity index is 1.56. The number of amides is 1. The summed E-state index contributed by atoms with van der Waals surface area (Å²) in [6.45, 7) is 7.48. The summed E-state index contributed by atoms with van der Waals surface area (Å²) in [7, 11) is 1.59. The second-order valence-corrected chi connectivity index (χ2v) is 9.28. The van der Waals surface area contributed by atoms with E-state index in [4.69, 9.17) is 13.9 Å². The van der Waals surface area contributed by atoms with Gasteiger partial charge in [-0.3, -0.25) is 9.59 Å². The maximum Gasteiger partial charge on any atom is 0.290 e. The molecule has 7 heteroatoms. The van der Waals surface area contributed by atoms with Gasteiger partial charge in [0.1, 0.15) is 12.2 Å². The molecule has 0 radical (unpaired) electrons. The first-order valence-corrected chi connectivity index (χ1v) is 13.0. The van der Waals surface area contributed by atoms with Crippen molar-refractivity contribution in [2.24, 2.45) is 0 Å². The number of para-hydroxylation sites is 1. The highest BCUT2D eigenvalue weighted by atomic mass is 16.5. The average Bonchev–Trinajstić information content (AvgIpc) is 3.24. The van der Waals surface area contributed by atoms with Gasteiger partial charge in [-0.1, -0.05) is 62.4 Å². The van der Waals surface area contributed by atoms with Crippen LogP contribution in [0.5, 0.6) is 11.5 Å². The van der Waals surface area contributed by atoms with Gasteiger partial charge < -0.3 is 23.7 Å². The summed E-state index contributed by atoms with van der Waals surface area (Å²) in [6.07, 6.45) is 0. The zero-order valence-electron chi connectivity index (χ0n) is 22.0. The van der Waals surface area contributed by atoms with Gasteiger partial charge in [0.2, 0.25) is 5.76 Å². The molecule has 7 nitrogen and oxygen atoms in total. The first-order valence-electron chi connectivity index (χ1n) is 13.0. The molecular formula is C31H32N2O5. The third-order valence-corrected chi connectivity index (χ3v) is 7.17. The lowest BCUT2D eigenvalue weighted by molar-refractivity contribution is 0.0708. The quantitative estimate of drug-likeness (QED) is 0.288. The normalized spacial score (nSPS) is 14.8. The van der Waals surface area contributed by atoms with Crippen LogP contribution in [0.15, 0.2) is 82.0 Å². The summed E-state index contributed by atoms with van der Waals surface area (Å²) in [5, 5.41) is 0.462. The van der Waals surface area contributed by atoms with Gasteiger partial charge in [-0.2, -0.15) is 0 Å². The van der Waals surface area contributed by atoms with Gasteiger partial charge in [-0.05, 0) is 48.5 Å². The van der Waals surface area contributed by atoms with Crippen LogP contribution in [0, 0.1) is 0 Å². The number of nitrogens with zero attached hydrogens (tertiary/aromatic N) is 2. The SMILES string of the molecule is CCN(CC)CCN1C(=O)c2oc3ccccc3c(=O)c2C1c1ccc(OCc2ccccc2)c(OC)c1. The van der Waals surface area contributed by atoms with Gasteiger partial charge >= 0.3 is 0 Å². The fourth-order valence-electron chi connectivity index (χ4n) is 5.04. The Kier molecular flexibility index (Phi) is 7.47. The third-order valence-electron chi connectivity index (χ3n) is 7.17. The average molecular weight is 513 g/mol. The summed E-state index contributed by atoms with van der Waals surface area (Å²) < 4.78 is 17.8. The molecule has 0 spiro atoms. The van der Waals surface area contributed by atoms with Crippen LogP contribution in [0.1, 0.15) is 47.1 Å². The van der Waals surface area contributed by atoms with Crippen molar-refractivity contribution in [3.8, 4) is 11.5 Å². The Morgan fingerprint density at radius 3 is 2.39 bits per heavy atom. The van der Waals surface area contributed by atoms with Gasteiger partial charge in [0.25, 0.3) is 5.91 Å². The van der Waals surface area contributed by atoms with Crippen LogP contribution in [0.25, 0.3) is 11.0 Å². The number of hydrogen-bond donors (Lipinski definition) is 0. The molecule has 4 aromatic rings. The Hall–Kier alpha value is -4.10. The predicted octanol–water partition coefficient (Wildman–Crippen LogP) is 5.27. The fourth-order valence-corrected chi connectivity index (χ4v) is 5.04. The van der Waals surface area contributed by atoms with Crippen LogP contribution >= 0.6 is 0 Å². The number of carbonyl (C=O) groups is 1. The molecule has 0 saturated carbocycles. The molecule has 0 fully saturated rings. The molecule has 1 atom stereocenters. The zero-order chi connectivity index (χ0) is 26.6. The Morgan fingerprint density at radius 2 is 1.66 bits per heavy atom. The van der Waals surface area contributed by atoms with E-state index in [-0.39, 0.29) is 17.1 Å². The standard InChI is InChI=1S/C31H32N2O5/c1-4-32(5-2)17-18-33-28(27-29(34)23-13-9-10-14-24(23)38-30(27)31(33)35)22-15-16-25(26(19-22)36-3)37-20-21-11-7-6-8-12-21/h6-16,19,28H,4-5,17-18,20H2,1-3H3. The predicted molar refractivity (Wildman–Crippen MR) is 147 cm³/mol. The molecule has 1 unspecified atom stereocenters. The second kappa shape index (κ2) is 11.1. The third kappa shape index (κ3) is 4.77. The number of benzene rings is 3. The number of fused-ring (bicyclic) bond motifs is 2. The fraction of sp³-hybridized carbons (Fsp3) is 0.290. The van der Waals surface area contributed by atoms with Gasteiger partial charge in [0.15, 0.2) is 16.9 Å². The molecule has 196 valence electrons. The van der Waals surface area contributed by atoms with Crippen LogP contribution in [-0.4, -0.2) is 49.0 Å². The van der Waals surface area contributed by atoms with Crippen molar-refractivity contribution in [3.05, 3.63) is 105 Å². The number of hydrogen-bond acceptors (Lipinski definition) is 6. The van der Waals surface area contributed by atoms with Crippen LogP contribution < -0.4 is 14.9 Å². The van der Waals surface area contributed by atoms with Crippen LogP contribution in [0.3, 0.4) is 0 Å². The Labute approximate surface area is 222 Å². The molecule has 0 aliphatic carbocycles. The van der Waals surface area contributed by atoms with Crippen LogP contribution in [-0.2, 0) is 6.61 Å². The molecule has 0 saturated heterocycles. The van der Waals surface area contributed by atoms with E-state index in [1.807, 2.05) is 48.5 Å². The van der Waals surface area contributed by atoms with E-state index < -0.39 is 6.04 Å². The minimum Gasteiger partial charge on any atom is -0.493 e. The molecule has 1 amide bonds. The maximum absolute atomic E-state index is 13.7. The maximum atomic E-state index is 13.7. The highest BCUT2D eigenvalue weighted by Crippen LogP contribution is 2.41. The lowest BCUT2D eigenvalue weighted by atomic mass is 9.98. The van der Waals surface area contributed by atoms with Crippen molar-refractivity contribution in [2.45, 2.75) is 26.5 Å². The van der Waals surface area contributed by atoms with E-state index in [0.29, 0.717) is 47.7 Å². The Bertz CT molecular complexity index is 1490. The first kappa shape index (κ1) is 25.5. The van der Waals surface area contributed by atoms with Crippen molar-refractivity contribution in [1.29, 1.82) is 0 Å². The molecule has 1 aromatic heterocycles. The van der Waals surface area contributed by atoms with Crippen molar-refractivity contribution in [2.75, 3.05) is 33.3 Å². The molecule has 38 heavy (non-hydrogen) atoms. The largest absolute Gasteiger partial charge is 0.493 e. The van der Waals surface area contributed by atoms with E-state index in [0.717, 1.165) is 24.2 Å². The number of methoxy groups -OCH3 is 1. The van der Waals surface area contributed by atoms with E-state index in [9.17, 15) is 9.59 Å². The van der Waals surface area contributed by atoms with E-state index in [1.165, 1.54) is 0 Å². The number of likely N-dealkylation sites (N-methyl/N-ethyl adjacent to an activating group) is 1. The minimum absolute atomic E-state index is 0.113. The lowest BCUT2D eigenvalue weighted by Gasteiger charge is -2.28. The first-order chi connectivity index (χ1) is 18.5. The van der Waals surface area contributed by atoms with Crippen LogP contribution in [0.4, 0.5) is 0 Å². The van der Waals surface area contributed by atoms with Gasteiger partial charge in [0.05, 0.1) is 24.1 Å². The molecule has 3 aromatic carbocycles. The number of ether oxygens (including phenoxy) is 2. The lowest BCUT2D eigenvalue weighted by Crippen LogP contribution is -2.37. The molecule has 5 rings (SSSR count). The van der Waals surface area contributed by atoms with Crippen molar-refractivity contribution in [1.82, 2.24) is 9.80 Å². The summed E-state index contributed by atoms with van der Waals surface area (Å²) in [6, 6.07) is 22.0.